The summed E-state index contributed by atoms with van der Waals surface area (Å²) in [6.45, 7) is 3.60. The number of pyridine rings is 1. The maximum atomic E-state index is 13.8. The van der Waals surface area contributed by atoms with Crippen molar-refractivity contribution >= 4 is 67.5 Å². The monoisotopic (exact) mass is 659 g/mol. The van der Waals surface area contributed by atoms with Gasteiger partial charge in [0.1, 0.15) is 22.6 Å². The molecule has 3 aromatic heterocycles. The quantitative estimate of drug-likeness (QED) is 0.175. The van der Waals surface area contributed by atoms with Crippen molar-refractivity contribution in [2.75, 3.05) is 4.90 Å². The van der Waals surface area contributed by atoms with Gasteiger partial charge >= 0.3 is 0 Å². The minimum absolute atomic E-state index is 0.0456. The van der Waals surface area contributed by atoms with Crippen LogP contribution in [0.5, 0.6) is 11.6 Å². The standard InChI is InChI=1S/C30H22BrN5O4S2/c1-17-8-7-15-34-25(17)32-26(40-21-13-11-19(31)12-14-21)22(27(34)37)16-23-28(38)35(30(41)42-23)24-18(2)33(3)36(29(24)39)20-9-5-4-6-10-20/h4-16H,1-3H3. The molecule has 1 saturated heterocycles. The Balaban J connectivity index is 1.47. The van der Waals surface area contributed by atoms with Crippen LogP contribution in [0, 0.1) is 13.8 Å². The van der Waals surface area contributed by atoms with Crippen LogP contribution in [0.1, 0.15) is 16.8 Å². The van der Waals surface area contributed by atoms with Gasteiger partial charge in [-0.25, -0.2) is 4.68 Å². The van der Waals surface area contributed by atoms with Gasteiger partial charge in [-0.05, 0) is 68.0 Å². The predicted molar refractivity (Wildman–Crippen MR) is 172 cm³/mol. The number of hydrogen-bond donors (Lipinski definition) is 0. The third-order valence-corrected chi connectivity index (χ3v) is 8.72. The van der Waals surface area contributed by atoms with E-state index in [2.05, 4.69) is 20.9 Å². The Kier molecular flexibility index (Phi) is 7.21. The van der Waals surface area contributed by atoms with Crippen molar-refractivity contribution in [2.45, 2.75) is 13.8 Å². The number of hydrogen-bond acceptors (Lipinski definition) is 7. The van der Waals surface area contributed by atoms with Crippen LogP contribution >= 0.6 is 39.9 Å². The van der Waals surface area contributed by atoms with Crippen molar-refractivity contribution in [3.05, 3.63) is 120 Å². The molecule has 0 unspecified atom stereocenters. The normalized spacial score (nSPS) is 14.4. The maximum Gasteiger partial charge on any atom is 0.296 e. The van der Waals surface area contributed by atoms with E-state index in [1.165, 1.54) is 20.1 Å². The van der Waals surface area contributed by atoms with Crippen molar-refractivity contribution in [2.24, 2.45) is 7.05 Å². The number of halogens is 1. The lowest BCUT2D eigenvalue weighted by molar-refractivity contribution is -0.113. The van der Waals surface area contributed by atoms with Crippen molar-refractivity contribution in [1.82, 2.24) is 18.7 Å². The summed E-state index contributed by atoms with van der Waals surface area (Å²) >= 11 is 10.0. The lowest BCUT2D eigenvalue weighted by Crippen LogP contribution is -2.33. The lowest BCUT2D eigenvalue weighted by Gasteiger charge is -2.13. The van der Waals surface area contributed by atoms with Crippen LogP contribution < -0.4 is 20.8 Å². The molecule has 0 radical (unpaired) electrons. The van der Waals surface area contributed by atoms with Gasteiger partial charge in [-0.3, -0.25) is 28.4 Å². The highest BCUT2D eigenvalue weighted by Crippen LogP contribution is 2.37. The van der Waals surface area contributed by atoms with E-state index in [1.54, 1.807) is 43.0 Å². The number of thioether (sulfide) groups is 1. The van der Waals surface area contributed by atoms with Crippen molar-refractivity contribution in [3.8, 4) is 17.3 Å². The number of aryl methyl sites for hydroxylation is 1. The average Bonchev–Trinajstić information content (AvgIpc) is 3.37. The van der Waals surface area contributed by atoms with Crippen LogP contribution in [0.15, 0.2) is 91.9 Å². The highest BCUT2D eigenvalue weighted by molar-refractivity contribution is 9.10. The molecule has 42 heavy (non-hydrogen) atoms. The number of rotatable bonds is 5. The molecular formula is C30H22BrN5O4S2. The first-order valence-electron chi connectivity index (χ1n) is 12.7. The van der Waals surface area contributed by atoms with Crippen molar-refractivity contribution in [3.63, 3.8) is 0 Å². The summed E-state index contributed by atoms with van der Waals surface area (Å²) in [4.78, 5) is 47.3. The molecule has 0 bridgehead atoms. The number of aromatic nitrogens is 4. The van der Waals surface area contributed by atoms with E-state index in [0.29, 0.717) is 22.8 Å². The first-order chi connectivity index (χ1) is 20.2. The molecule has 0 N–H and O–H groups in total. The molecule has 0 saturated carbocycles. The summed E-state index contributed by atoms with van der Waals surface area (Å²) in [5.41, 5.74) is 1.85. The highest BCUT2D eigenvalue weighted by atomic mass is 79.9. The van der Waals surface area contributed by atoms with Gasteiger partial charge in [0, 0.05) is 17.7 Å². The van der Waals surface area contributed by atoms with Crippen LogP contribution in [0.4, 0.5) is 5.69 Å². The third kappa shape index (κ3) is 4.71. The first-order valence-corrected chi connectivity index (χ1v) is 14.7. The van der Waals surface area contributed by atoms with Gasteiger partial charge in [0.05, 0.1) is 16.3 Å². The smallest absolute Gasteiger partial charge is 0.296 e. The Morgan fingerprint density at radius 2 is 1.67 bits per heavy atom. The maximum absolute atomic E-state index is 13.8. The van der Waals surface area contributed by atoms with E-state index in [1.807, 2.05) is 55.5 Å². The van der Waals surface area contributed by atoms with Gasteiger partial charge in [0.15, 0.2) is 4.32 Å². The summed E-state index contributed by atoms with van der Waals surface area (Å²) in [5, 5.41) is 0. The van der Waals surface area contributed by atoms with Gasteiger partial charge in [-0.15, -0.1) is 0 Å². The van der Waals surface area contributed by atoms with Gasteiger partial charge in [-0.1, -0.05) is 64.2 Å². The second-order valence-corrected chi connectivity index (χ2v) is 12.1. The second kappa shape index (κ2) is 10.9. The summed E-state index contributed by atoms with van der Waals surface area (Å²) in [6.07, 6.45) is 3.05. The Morgan fingerprint density at radius 3 is 2.38 bits per heavy atom. The lowest BCUT2D eigenvalue weighted by atomic mass is 10.2. The summed E-state index contributed by atoms with van der Waals surface area (Å²) < 4.78 is 11.7. The number of benzene rings is 2. The molecule has 2 aromatic carbocycles. The van der Waals surface area contributed by atoms with E-state index in [9.17, 15) is 14.4 Å². The summed E-state index contributed by atoms with van der Waals surface area (Å²) in [7, 11) is 1.75. The zero-order valence-electron chi connectivity index (χ0n) is 22.6. The zero-order valence-corrected chi connectivity index (χ0v) is 25.8. The van der Waals surface area contributed by atoms with Crippen LogP contribution in [0.3, 0.4) is 0 Å². The average molecular weight is 661 g/mol. The largest absolute Gasteiger partial charge is 0.438 e. The number of carbonyl (C=O) groups is 1. The molecule has 1 fully saturated rings. The number of nitrogens with zero attached hydrogens (tertiary/aromatic N) is 5. The van der Waals surface area contributed by atoms with E-state index in [-0.39, 0.29) is 31.9 Å². The van der Waals surface area contributed by atoms with Gasteiger partial charge in [0.2, 0.25) is 5.88 Å². The Bertz CT molecular complexity index is 2060. The fourth-order valence-electron chi connectivity index (χ4n) is 4.71. The number of amides is 1. The Morgan fingerprint density at radius 1 is 0.952 bits per heavy atom. The van der Waals surface area contributed by atoms with Crippen LogP contribution in [0.25, 0.3) is 17.4 Å². The second-order valence-electron chi connectivity index (χ2n) is 9.50. The number of anilines is 1. The van der Waals surface area contributed by atoms with E-state index in [4.69, 9.17) is 17.0 Å². The predicted octanol–water partition coefficient (Wildman–Crippen LogP) is 5.76. The molecule has 1 aliphatic heterocycles. The van der Waals surface area contributed by atoms with Crippen LogP contribution in [0.2, 0.25) is 0 Å². The number of para-hydroxylation sites is 1. The zero-order chi connectivity index (χ0) is 29.7. The number of fused-ring (bicyclic) bond motifs is 1. The molecule has 1 amide bonds. The SMILES string of the molecule is Cc1cccn2c(=O)c(C=C3SC(=S)N(c4c(C)n(C)n(-c5ccccc5)c4=O)C3=O)c(Oc3ccc(Br)cc3)nc12. The van der Waals surface area contributed by atoms with Crippen LogP contribution in [-0.2, 0) is 11.8 Å². The molecule has 210 valence electrons. The van der Waals surface area contributed by atoms with Gasteiger partial charge in [-0.2, -0.15) is 4.98 Å². The number of carbonyl (C=O) groups excluding carboxylic acids is 1. The van der Waals surface area contributed by atoms with Gasteiger partial charge < -0.3 is 4.74 Å². The number of thiocarbonyl (C=S) groups is 1. The molecule has 6 rings (SSSR count). The molecule has 0 aliphatic carbocycles. The molecule has 12 heteroatoms. The molecule has 1 aliphatic rings. The third-order valence-electron chi connectivity index (χ3n) is 6.89. The molecular weight excluding hydrogens is 638 g/mol. The Labute approximate surface area is 257 Å². The summed E-state index contributed by atoms with van der Waals surface area (Å²) in [5.74, 6) is -0.00448. The van der Waals surface area contributed by atoms with Crippen molar-refractivity contribution < 1.29 is 9.53 Å². The Hall–Kier alpha value is -4.26. The fourth-order valence-corrected chi connectivity index (χ4v) is 6.23. The van der Waals surface area contributed by atoms with E-state index >= 15 is 0 Å². The first kappa shape index (κ1) is 27.9. The molecule has 4 heterocycles. The van der Waals surface area contributed by atoms with Crippen LogP contribution in [-0.4, -0.2) is 29.0 Å². The topological polar surface area (TPSA) is 90.8 Å². The highest BCUT2D eigenvalue weighted by Gasteiger charge is 2.38. The molecule has 0 atom stereocenters. The molecule has 5 aromatic rings. The molecule has 9 nitrogen and oxygen atoms in total. The molecule has 0 spiro atoms. The van der Waals surface area contributed by atoms with E-state index < -0.39 is 11.5 Å². The minimum atomic E-state index is -0.514. The summed E-state index contributed by atoms with van der Waals surface area (Å²) in [6, 6.07) is 19.8. The number of ether oxygens (including phenoxy) is 1. The van der Waals surface area contributed by atoms with Crippen molar-refractivity contribution in [1.29, 1.82) is 0 Å². The minimum Gasteiger partial charge on any atom is -0.438 e. The van der Waals surface area contributed by atoms with Gasteiger partial charge in [0.25, 0.3) is 17.0 Å². The van der Waals surface area contributed by atoms with E-state index in [0.717, 1.165) is 21.8 Å². The fraction of sp³-hybridized carbons (Fsp3) is 0.100.